The Labute approximate surface area is 83.9 Å². The van der Waals surface area contributed by atoms with Gasteiger partial charge in [0.15, 0.2) is 0 Å². The maximum absolute atomic E-state index is 5.69. The summed E-state index contributed by atoms with van der Waals surface area (Å²) in [7, 11) is 0. The van der Waals surface area contributed by atoms with Gasteiger partial charge in [0.1, 0.15) is 0 Å². The molecule has 0 saturated heterocycles. The van der Waals surface area contributed by atoms with Gasteiger partial charge in [0.25, 0.3) is 0 Å². The summed E-state index contributed by atoms with van der Waals surface area (Å²) in [6.07, 6.45) is 5.78. The van der Waals surface area contributed by atoms with Crippen LogP contribution >= 0.6 is 0 Å². The van der Waals surface area contributed by atoms with E-state index in [-0.39, 0.29) is 0 Å². The Kier molecular flexibility index (Phi) is 2.74. The highest BCUT2D eigenvalue weighted by Gasteiger charge is 2.24. The molecule has 0 aliphatic heterocycles. The second-order valence-corrected chi connectivity index (χ2v) is 3.96. The van der Waals surface area contributed by atoms with Gasteiger partial charge in [-0.1, -0.05) is 0 Å². The van der Waals surface area contributed by atoms with Gasteiger partial charge in [0.2, 0.25) is 0 Å². The standard InChI is InChI=1S/C10H16N4/c1-7-4-13-10(5-12-7)6-14-9-2-8(11)3-9/h4-5,8-9,14H,2-3,6,11H2,1H3. The fourth-order valence-corrected chi connectivity index (χ4v) is 1.59. The molecule has 0 spiro atoms. The Hall–Kier alpha value is -1.00. The first kappa shape index (κ1) is 9.55. The molecule has 0 aromatic carbocycles. The molecule has 4 nitrogen and oxygen atoms in total. The van der Waals surface area contributed by atoms with Crippen molar-refractivity contribution < 1.29 is 0 Å². The molecule has 0 bridgehead atoms. The molecule has 4 heteroatoms. The maximum Gasteiger partial charge on any atom is 0.0724 e. The van der Waals surface area contributed by atoms with Gasteiger partial charge >= 0.3 is 0 Å². The Bertz CT molecular complexity index is 289. The molecule has 1 aromatic heterocycles. The molecule has 1 saturated carbocycles. The van der Waals surface area contributed by atoms with Crippen LogP contribution in [0.3, 0.4) is 0 Å². The van der Waals surface area contributed by atoms with Gasteiger partial charge in [-0.25, -0.2) is 0 Å². The first-order valence-corrected chi connectivity index (χ1v) is 5.00. The van der Waals surface area contributed by atoms with E-state index in [0.717, 1.165) is 30.8 Å². The molecule has 1 fully saturated rings. The van der Waals surface area contributed by atoms with Crippen molar-refractivity contribution in [3.8, 4) is 0 Å². The van der Waals surface area contributed by atoms with Crippen LogP contribution in [0.4, 0.5) is 0 Å². The van der Waals surface area contributed by atoms with Crippen LogP contribution in [-0.4, -0.2) is 22.1 Å². The zero-order valence-electron chi connectivity index (χ0n) is 8.40. The molecule has 1 aromatic rings. The molecule has 1 heterocycles. The molecule has 0 radical (unpaired) electrons. The van der Waals surface area contributed by atoms with Crippen molar-refractivity contribution in [3.05, 3.63) is 23.8 Å². The summed E-state index contributed by atoms with van der Waals surface area (Å²) in [5.74, 6) is 0. The van der Waals surface area contributed by atoms with E-state index < -0.39 is 0 Å². The Morgan fingerprint density at radius 3 is 2.79 bits per heavy atom. The lowest BCUT2D eigenvalue weighted by Gasteiger charge is -2.33. The van der Waals surface area contributed by atoms with Crippen LogP contribution in [0.5, 0.6) is 0 Å². The van der Waals surface area contributed by atoms with Gasteiger partial charge in [-0.05, 0) is 19.8 Å². The lowest BCUT2D eigenvalue weighted by Crippen LogP contribution is -2.48. The van der Waals surface area contributed by atoms with Crippen molar-refractivity contribution in [2.24, 2.45) is 5.73 Å². The van der Waals surface area contributed by atoms with E-state index in [1.165, 1.54) is 0 Å². The van der Waals surface area contributed by atoms with Gasteiger partial charge in [-0.15, -0.1) is 0 Å². The highest BCUT2D eigenvalue weighted by molar-refractivity contribution is 5.01. The normalized spacial score (nSPS) is 25.9. The van der Waals surface area contributed by atoms with Crippen LogP contribution in [-0.2, 0) is 6.54 Å². The Morgan fingerprint density at radius 2 is 2.21 bits per heavy atom. The van der Waals surface area contributed by atoms with Crippen molar-refractivity contribution in [2.75, 3.05) is 0 Å². The highest BCUT2D eigenvalue weighted by atomic mass is 15.0. The number of aryl methyl sites for hydroxylation is 1. The largest absolute Gasteiger partial charge is 0.328 e. The van der Waals surface area contributed by atoms with Gasteiger partial charge in [0, 0.05) is 31.0 Å². The summed E-state index contributed by atoms with van der Waals surface area (Å²) < 4.78 is 0. The Balaban J connectivity index is 1.78. The third kappa shape index (κ3) is 2.27. The third-order valence-corrected chi connectivity index (χ3v) is 2.58. The number of nitrogens with zero attached hydrogens (tertiary/aromatic N) is 2. The summed E-state index contributed by atoms with van der Waals surface area (Å²) in [4.78, 5) is 8.46. The molecular weight excluding hydrogens is 176 g/mol. The summed E-state index contributed by atoms with van der Waals surface area (Å²) in [5.41, 5.74) is 7.64. The third-order valence-electron chi connectivity index (χ3n) is 2.58. The molecule has 14 heavy (non-hydrogen) atoms. The number of nitrogens with two attached hydrogens (primary N) is 1. The average molecular weight is 192 g/mol. The van der Waals surface area contributed by atoms with Gasteiger partial charge in [-0.3, -0.25) is 9.97 Å². The minimum absolute atomic E-state index is 0.400. The summed E-state index contributed by atoms with van der Waals surface area (Å²) in [6.45, 7) is 2.74. The van der Waals surface area contributed by atoms with Crippen LogP contribution in [0.15, 0.2) is 12.4 Å². The van der Waals surface area contributed by atoms with Gasteiger partial charge in [0.05, 0.1) is 11.4 Å². The van der Waals surface area contributed by atoms with E-state index in [2.05, 4.69) is 15.3 Å². The van der Waals surface area contributed by atoms with Crippen LogP contribution in [0.2, 0.25) is 0 Å². The number of hydrogen-bond acceptors (Lipinski definition) is 4. The van der Waals surface area contributed by atoms with Crippen molar-refractivity contribution in [1.29, 1.82) is 0 Å². The second kappa shape index (κ2) is 4.02. The van der Waals surface area contributed by atoms with Crippen molar-refractivity contribution >= 4 is 0 Å². The fourth-order valence-electron chi connectivity index (χ4n) is 1.59. The van der Waals surface area contributed by atoms with Gasteiger partial charge in [-0.2, -0.15) is 0 Å². The molecule has 0 unspecified atom stereocenters. The highest BCUT2D eigenvalue weighted by Crippen LogP contribution is 2.17. The number of hydrogen-bond donors (Lipinski definition) is 2. The van der Waals surface area contributed by atoms with Crippen molar-refractivity contribution in [3.63, 3.8) is 0 Å². The molecule has 0 amide bonds. The lowest BCUT2D eigenvalue weighted by molar-refractivity contribution is 0.290. The van der Waals surface area contributed by atoms with Crippen LogP contribution in [0.25, 0.3) is 0 Å². The van der Waals surface area contributed by atoms with E-state index in [1.807, 2.05) is 13.1 Å². The van der Waals surface area contributed by atoms with Crippen LogP contribution in [0.1, 0.15) is 24.2 Å². The summed E-state index contributed by atoms with van der Waals surface area (Å²) >= 11 is 0. The van der Waals surface area contributed by atoms with Crippen LogP contribution < -0.4 is 11.1 Å². The SMILES string of the molecule is Cc1cnc(CNC2CC(N)C2)cn1. The number of nitrogens with one attached hydrogen (secondary N) is 1. The number of aromatic nitrogens is 2. The minimum atomic E-state index is 0.400. The predicted molar refractivity (Wildman–Crippen MR) is 54.6 cm³/mol. The van der Waals surface area contributed by atoms with Crippen molar-refractivity contribution in [2.45, 2.75) is 38.4 Å². The second-order valence-electron chi connectivity index (χ2n) is 3.96. The first-order valence-electron chi connectivity index (χ1n) is 5.00. The zero-order valence-corrected chi connectivity index (χ0v) is 8.40. The molecular formula is C10H16N4. The molecule has 1 aliphatic carbocycles. The molecule has 2 rings (SSSR count). The average Bonchev–Trinajstić information content (AvgIpc) is 2.13. The quantitative estimate of drug-likeness (QED) is 0.726. The molecule has 0 atom stereocenters. The molecule has 3 N–H and O–H groups in total. The van der Waals surface area contributed by atoms with E-state index in [9.17, 15) is 0 Å². The fraction of sp³-hybridized carbons (Fsp3) is 0.600. The van der Waals surface area contributed by atoms with Gasteiger partial charge < -0.3 is 11.1 Å². The van der Waals surface area contributed by atoms with E-state index >= 15 is 0 Å². The van der Waals surface area contributed by atoms with Crippen LogP contribution in [0, 0.1) is 6.92 Å². The first-order chi connectivity index (χ1) is 6.74. The number of rotatable bonds is 3. The zero-order chi connectivity index (χ0) is 9.97. The maximum atomic E-state index is 5.69. The summed E-state index contributed by atoms with van der Waals surface area (Å²) in [5, 5.41) is 3.40. The lowest BCUT2D eigenvalue weighted by atomic mass is 9.88. The van der Waals surface area contributed by atoms with E-state index in [1.54, 1.807) is 6.20 Å². The monoisotopic (exact) mass is 192 g/mol. The smallest absolute Gasteiger partial charge is 0.0724 e. The molecule has 76 valence electrons. The van der Waals surface area contributed by atoms with E-state index in [0.29, 0.717) is 12.1 Å². The van der Waals surface area contributed by atoms with E-state index in [4.69, 9.17) is 5.73 Å². The topological polar surface area (TPSA) is 63.8 Å². The van der Waals surface area contributed by atoms with Crippen molar-refractivity contribution in [1.82, 2.24) is 15.3 Å². The summed E-state index contributed by atoms with van der Waals surface area (Å²) in [6, 6.07) is 0.977. The Morgan fingerprint density at radius 1 is 1.43 bits per heavy atom. The minimum Gasteiger partial charge on any atom is -0.328 e. The molecule has 1 aliphatic rings. The predicted octanol–water partition coefficient (Wildman–Crippen LogP) is 0.364.